The molecule has 0 radical (unpaired) electrons. The lowest BCUT2D eigenvalue weighted by molar-refractivity contribution is -0.147. The predicted octanol–water partition coefficient (Wildman–Crippen LogP) is 10.7. The smallest absolute Gasteiger partial charge is 0.322 e. The van der Waals surface area contributed by atoms with Crippen LogP contribution < -0.4 is 5.32 Å². The van der Waals surface area contributed by atoms with Crippen molar-refractivity contribution in [3.63, 3.8) is 0 Å². The average molecular weight is 630 g/mol. The van der Waals surface area contributed by atoms with Crippen molar-refractivity contribution in [3.8, 4) is 0 Å². The van der Waals surface area contributed by atoms with Crippen LogP contribution in [0.25, 0.3) is 0 Å². The lowest BCUT2D eigenvalue weighted by Gasteiger charge is -2.14. The molecule has 0 heterocycles. The van der Waals surface area contributed by atoms with Crippen molar-refractivity contribution in [1.82, 2.24) is 5.32 Å². The number of carboxylic acids is 1. The van der Waals surface area contributed by atoms with Gasteiger partial charge >= 0.3 is 11.9 Å². The number of aliphatic carboxylic acids is 1. The van der Waals surface area contributed by atoms with E-state index in [1.165, 1.54) is 64.2 Å². The van der Waals surface area contributed by atoms with Gasteiger partial charge < -0.3 is 15.2 Å². The van der Waals surface area contributed by atoms with Crippen LogP contribution in [0.2, 0.25) is 0 Å². The standard InChI is InChI=1S/C39H67NO5/c1-3-5-7-9-11-13-14-15-16-17-18-20-26-30-34-39(44)45-36(31-27-23-19-12-10-8-6-4-2)32-28-24-21-22-25-29-33-37(41)40-35-38(42)43/h6,8,12,14-15,19,27,31,36H,3-5,7,9-11,13,16-18,20-26,28-30,32-35H2,1-2H3,(H,40,41)(H,42,43)/b8-6-,15-14-,19-12-,31-27-. The molecule has 6 nitrogen and oxygen atoms in total. The summed E-state index contributed by atoms with van der Waals surface area (Å²) in [5.41, 5.74) is 0. The van der Waals surface area contributed by atoms with Crippen molar-refractivity contribution in [2.24, 2.45) is 0 Å². The number of esters is 1. The lowest BCUT2D eigenvalue weighted by Crippen LogP contribution is -2.28. The number of nitrogens with one attached hydrogen (secondary N) is 1. The molecule has 1 unspecified atom stereocenters. The first-order valence-corrected chi connectivity index (χ1v) is 18.3. The molecule has 45 heavy (non-hydrogen) atoms. The van der Waals surface area contributed by atoms with E-state index >= 15 is 0 Å². The summed E-state index contributed by atoms with van der Waals surface area (Å²) in [5, 5.41) is 11.0. The molecule has 0 rings (SSSR count). The van der Waals surface area contributed by atoms with E-state index in [1.807, 2.05) is 0 Å². The Morgan fingerprint density at radius 1 is 0.622 bits per heavy atom. The molecule has 0 aromatic heterocycles. The van der Waals surface area contributed by atoms with E-state index in [9.17, 15) is 14.4 Å². The summed E-state index contributed by atoms with van der Waals surface area (Å²) in [6.07, 6.45) is 42.5. The van der Waals surface area contributed by atoms with Gasteiger partial charge in [0, 0.05) is 12.8 Å². The van der Waals surface area contributed by atoms with Crippen LogP contribution in [-0.2, 0) is 19.1 Å². The van der Waals surface area contributed by atoms with Gasteiger partial charge in [0.1, 0.15) is 12.6 Å². The predicted molar refractivity (Wildman–Crippen MR) is 189 cm³/mol. The third kappa shape index (κ3) is 34.1. The van der Waals surface area contributed by atoms with Gasteiger partial charge in [-0.3, -0.25) is 14.4 Å². The first-order valence-electron chi connectivity index (χ1n) is 18.3. The van der Waals surface area contributed by atoms with Crippen LogP contribution in [-0.4, -0.2) is 35.6 Å². The monoisotopic (exact) mass is 630 g/mol. The molecule has 0 saturated carbocycles. The summed E-state index contributed by atoms with van der Waals surface area (Å²) in [6.45, 7) is 4.07. The summed E-state index contributed by atoms with van der Waals surface area (Å²) in [7, 11) is 0. The van der Waals surface area contributed by atoms with E-state index in [2.05, 4.69) is 67.8 Å². The molecule has 258 valence electrons. The van der Waals surface area contributed by atoms with Gasteiger partial charge in [0.2, 0.25) is 5.91 Å². The van der Waals surface area contributed by atoms with E-state index in [1.54, 1.807) is 0 Å². The van der Waals surface area contributed by atoms with Crippen molar-refractivity contribution < 1.29 is 24.2 Å². The maximum absolute atomic E-state index is 12.6. The number of allylic oxidation sites excluding steroid dienone is 7. The highest BCUT2D eigenvalue weighted by atomic mass is 16.5. The molecule has 1 amide bonds. The van der Waals surface area contributed by atoms with E-state index in [0.29, 0.717) is 12.8 Å². The van der Waals surface area contributed by atoms with Gasteiger partial charge in [-0.05, 0) is 76.7 Å². The maximum Gasteiger partial charge on any atom is 0.322 e. The van der Waals surface area contributed by atoms with Gasteiger partial charge in [-0.25, -0.2) is 0 Å². The molecule has 0 aromatic carbocycles. The number of carbonyl (C=O) groups is 3. The highest BCUT2D eigenvalue weighted by molar-refractivity contribution is 5.80. The molecule has 0 saturated heterocycles. The van der Waals surface area contributed by atoms with Crippen LogP contribution in [0, 0.1) is 0 Å². The molecule has 1 atom stereocenters. The molecule has 0 aliphatic rings. The average Bonchev–Trinajstić information content (AvgIpc) is 3.02. The Labute approximate surface area is 276 Å². The SMILES string of the molecule is CC/C=C\C/C=C\C/C=C\C(CCCCCCCCC(=O)NCC(=O)O)OC(=O)CCCCCCC/C=C\CCCCCCC. The molecule has 0 spiro atoms. The number of rotatable bonds is 32. The zero-order valence-corrected chi connectivity index (χ0v) is 29.0. The fourth-order valence-electron chi connectivity index (χ4n) is 5.03. The second-order valence-electron chi connectivity index (χ2n) is 12.1. The highest BCUT2D eigenvalue weighted by Crippen LogP contribution is 2.15. The third-order valence-corrected chi connectivity index (χ3v) is 7.72. The summed E-state index contributed by atoms with van der Waals surface area (Å²) >= 11 is 0. The molecule has 2 N–H and O–H groups in total. The first-order chi connectivity index (χ1) is 22.0. The Balaban J connectivity index is 4.22. The minimum atomic E-state index is -1.02. The minimum absolute atomic E-state index is 0.0899. The Morgan fingerprint density at radius 3 is 1.78 bits per heavy atom. The van der Waals surface area contributed by atoms with Crippen LogP contribution in [0.3, 0.4) is 0 Å². The van der Waals surface area contributed by atoms with Gasteiger partial charge in [-0.1, -0.05) is 127 Å². The number of hydrogen-bond donors (Lipinski definition) is 2. The second-order valence-corrected chi connectivity index (χ2v) is 12.1. The zero-order valence-electron chi connectivity index (χ0n) is 29.0. The summed E-state index contributed by atoms with van der Waals surface area (Å²) in [4.78, 5) is 34.7. The first kappa shape index (κ1) is 42.4. The van der Waals surface area contributed by atoms with Gasteiger partial charge in [-0.15, -0.1) is 0 Å². The van der Waals surface area contributed by atoms with Gasteiger partial charge in [0.25, 0.3) is 0 Å². The number of unbranched alkanes of at least 4 members (excludes halogenated alkanes) is 15. The largest absolute Gasteiger partial charge is 0.480 e. The van der Waals surface area contributed by atoms with Gasteiger partial charge in [-0.2, -0.15) is 0 Å². The summed E-state index contributed by atoms with van der Waals surface area (Å²) < 4.78 is 5.88. The Bertz CT molecular complexity index is 829. The van der Waals surface area contributed by atoms with Crippen molar-refractivity contribution in [1.29, 1.82) is 0 Å². The second kappa shape index (κ2) is 34.2. The quantitative estimate of drug-likeness (QED) is 0.0439. The van der Waals surface area contributed by atoms with Crippen LogP contribution in [0.5, 0.6) is 0 Å². The summed E-state index contributed by atoms with van der Waals surface area (Å²) in [5.74, 6) is -1.31. The van der Waals surface area contributed by atoms with Crippen molar-refractivity contribution >= 4 is 17.8 Å². The molecular formula is C39H67NO5. The van der Waals surface area contributed by atoms with Crippen molar-refractivity contribution in [3.05, 3.63) is 48.6 Å². The van der Waals surface area contributed by atoms with Gasteiger partial charge in [0.05, 0.1) is 0 Å². The normalized spacial score (nSPS) is 12.6. The number of amides is 1. The fourth-order valence-corrected chi connectivity index (χ4v) is 5.03. The Kier molecular flexibility index (Phi) is 32.2. The Hall–Kier alpha value is -2.63. The van der Waals surface area contributed by atoms with E-state index in [0.717, 1.165) is 77.0 Å². The van der Waals surface area contributed by atoms with Crippen molar-refractivity contribution in [2.75, 3.05) is 6.54 Å². The van der Waals surface area contributed by atoms with Gasteiger partial charge in [0.15, 0.2) is 0 Å². The molecule has 0 aliphatic carbocycles. The van der Waals surface area contributed by atoms with Crippen LogP contribution in [0.15, 0.2) is 48.6 Å². The molecule has 0 aliphatic heterocycles. The van der Waals surface area contributed by atoms with Crippen molar-refractivity contribution in [2.45, 2.75) is 174 Å². The number of ether oxygens (including phenoxy) is 1. The maximum atomic E-state index is 12.6. The topological polar surface area (TPSA) is 92.7 Å². The molecule has 6 heteroatoms. The highest BCUT2D eigenvalue weighted by Gasteiger charge is 2.11. The minimum Gasteiger partial charge on any atom is -0.480 e. The van der Waals surface area contributed by atoms with Crippen LogP contribution in [0.4, 0.5) is 0 Å². The summed E-state index contributed by atoms with van der Waals surface area (Å²) in [6, 6.07) is 0. The third-order valence-electron chi connectivity index (χ3n) is 7.72. The molecule has 0 bridgehead atoms. The van der Waals surface area contributed by atoms with E-state index in [-0.39, 0.29) is 24.5 Å². The lowest BCUT2D eigenvalue weighted by atomic mass is 10.1. The molecule has 0 fully saturated rings. The number of carboxylic acid groups (broad SMARTS) is 1. The fraction of sp³-hybridized carbons (Fsp3) is 0.718. The molecular weight excluding hydrogens is 562 g/mol. The molecule has 0 aromatic rings. The number of carbonyl (C=O) groups excluding carboxylic acids is 2. The number of hydrogen-bond acceptors (Lipinski definition) is 4. The van der Waals surface area contributed by atoms with E-state index < -0.39 is 5.97 Å². The van der Waals surface area contributed by atoms with Crippen LogP contribution in [0.1, 0.15) is 168 Å². The van der Waals surface area contributed by atoms with E-state index in [4.69, 9.17) is 9.84 Å². The zero-order chi connectivity index (χ0) is 33.1. The van der Waals surface area contributed by atoms with Crippen LogP contribution >= 0.6 is 0 Å². The Morgan fingerprint density at radius 2 is 1.16 bits per heavy atom.